The number of halogens is 2. The van der Waals surface area contributed by atoms with E-state index >= 15 is 0 Å². The summed E-state index contributed by atoms with van der Waals surface area (Å²) in [5, 5.41) is 22.5. The van der Waals surface area contributed by atoms with Crippen molar-refractivity contribution in [1.82, 2.24) is 10.3 Å². The van der Waals surface area contributed by atoms with E-state index in [0.29, 0.717) is 30.4 Å². The van der Waals surface area contributed by atoms with Crippen molar-refractivity contribution in [3.05, 3.63) is 56.3 Å². The van der Waals surface area contributed by atoms with Crippen LogP contribution in [-0.4, -0.2) is 33.6 Å². The van der Waals surface area contributed by atoms with E-state index in [1.165, 1.54) is 0 Å². The van der Waals surface area contributed by atoms with Crippen molar-refractivity contribution < 1.29 is 24.5 Å². The van der Waals surface area contributed by atoms with E-state index < -0.39 is 18.4 Å². The van der Waals surface area contributed by atoms with Crippen LogP contribution >= 0.6 is 38.5 Å². The highest BCUT2D eigenvalue weighted by atomic mass is 127. The van der Waals surface area contributed by atoms with Crippen molar-refractivity contribution >= 4 is 61.2 Å². The first-order chi connectivity index (χ1) is 12.9. The highest BCUT2D eigenvalue weighted by molar-refractivity contribution is 14.1. The minimum atomic E-state index is -1.20. The van der Waals surface area contributed by atoms with Gasteiger partial charge < -0.3 is 20.3 Å². The maximum Gasteiger partial charge on any atom is 0.322 e. The number of benzene rings is 2. The van der Waals surface area contributed by atoms with Crippen molar-refractivity contribution in [3.8, 4) is 17.2 Å². The first-order valence-corrected chi connectivity index (χ1v) is 9.49. The first kappa shape index (κ1) is 19.4. The van der Waals surface area contributed by atoms with Crippen LogP contribution in [0.1, 0.15) is 10.5 Å². The Hall–Kier alpha value is -2.40. The predicted molar refractivity (Wildman–Crippen MR) is 110 cm³/mol. The van der Waals surface area contributed by atoms with Gasteiger partial charge in [0.15, 0.2) is 11.4 Å². The quantitative estimate of drug-likeness (QED) is 0.333. The lowest BCUT2D eigenvalue weighted by Crippen LogP contribution is -2.30. The van der Waals surface area contributed by atoms with Gasteiger partial charge in [-0.15, -0.1) is 0 Å². The third kappa shape index (κ3) is 4.14. The highest BCUT2D eigenvalue weighted by Gasteiger charge is 2.22. The molecule has 0 aliphatic carbocycles. The third-order valence-electron chi connectivity index (χ3n) is 3.59. The molecule has 3 aromatic rings. The van der Waals surface area contributed by atoms with Gasteiger partial charge in [0.05, 0.1) is 3.57 Å². The molecule has 2 aromatic carbocycles. The molecule has 0 saturated heterocycles. The molecule has 0 unspecified atom stereocenters. The lowest BCUT2D eigenvalue weighted by atomic mass is 10.1. The molecule has 1 aromatic heterocycles. The number of carbonyl (C=O) groups is 2. The van der Waals surface area contributed by atoms with Gasteiger partial charge in [-0.2, -0.15) is 0 Å². The maximum atomic E-state index is 12.2. The molecular weight excluding hydrogens is 531 g/mol. The summed E-state index contributed by atoms with van der Waals surface area (Å²) in [6, 6.07) is 12.6. The molecule has 3 N–H and O–H groups in total. The summed E-state index contributed by atoms with van der Waals surface area (Å²) < 4.78 is 6.79. The summed E-state index contributed by atoms with van der Waals surface area (Å²) in [5.41, 5.74) is -0.273. The van der Waals surface area contributed by atoms with E-state index in [9.17, 15) is 14.7 Å². The molecular formula is C18H12BrIN2O5. The van der Waals surface area contributed by atoms with Crippen molar-refractivity contribution in [2.45, 2.75) is 0 Å². The number of rotatable bonds is 5. The van der Waals surface area contributed by atoms with Gasteiger partial charge in [0.25, 0.3) is 5.91 Å². The highest BCUT2D eigenvalue weighted by Crippen LogP contribution is 2.40. The molecule has 0 saturated carbocycles. The number of aromatic hydroxyl groups is 1. The number of aliphatic carboxylic acids is 1. The average Bonchev–Trinajstić information content (AvgIpc) is 2.65. The van der Waals surface area contributed by atoms with Crippen LogP contribution in [0.15, 0.2) is 47.1 Å². The molecule has 7 nitrogen and oxygen atoms in total. The van der Waals surface area contributed by atoms with Gasteiger partial charge in [-0.1, -0.05) is 18.2 Å². The number of nitrogens with one attached hydrogen (secondary N) is 1. The number of hydrogen-bond donors (Lipinski definition) is 3. The molecule has 138 valence electrons. The molecule has 0 radical (unpaired) electrons. The van der Waals surface area contributed by atoms with Crippen molar-refractivity contribution in [3.63, 3.8) is 0 Å². The van der Waals surface area contributed by atoms with Crippen LogP contribution in [0.5, 0.6) is 17.2 Å². The van der Waals surface area contributed by atoms with Gasteiger partial charge in [0.2, 0.25) is 0 Å². The van der Waals surface area contributed by atoms with Crippen molar-refractivity contribution in [1.29, 1.82) is 0 Å². The summed E-state index contributed by atoms with van der Waals surface area (Å²) in [7, 11) is 0. The molecule has 0 atom stereocenters. The molecule has 0 fully saturated rings. The number of amides is 1. The number of hydrogen-bond acceptors (Lipinski definition) is 5. The van der Waals surface area contributed by atoms with Crippen LogP contribution in [0.4, 0.5) is 0 Å². The second kappa shape index (κ2) is 8.09. The second-order valence-electron chi connectivity index (χ2n) is 5.39. The second-order valence-corrected chi connectivity index (χ2v) is 7.22. The minimum Gasteiger partial charge on any atom is -0.505 e. The number of aromatic nitrogens is 1. The average molecular weight is 543 g/mol. The molecule has 3 rings (SSSR count). The normalized spacial score (nSPS) is 10.6. The summed E-state index contributed by atoms with van der Waals surface area (Å²) in [4.78, 5) is 26.9. The Bertz CT molecular complexity index is 1040. The fraction of sp³-hybridized carbons (Fsp3) is 0.0556. The zero-order valence-electron chi connectivity index (χ0n) is 13.6. The van der Waals surface area contributed by atoms with Gasteiger partial charge >= 0.3 is 5.97 Å². The Morgan fingerprint density at radius 2 is 1.89 bits per heavy atom. The Balaban J connectivity index is 2.08. The topological polar surface area (TPSA) is 109 Å². The van der Waals surface area contributed by atoms with Crippen molar-refractivity contribution in [2.24, 2.45) is 0 Å². The smallest absolute Gasteiger partial charge is 0.322 e. The zero-order valence-corrected chi connectivity index (χ0v) is 17.3. The van der Waals surface area contributed by atoms with Crippen LogP contribution in [0.3, 0.4) is 0 Å². The van der Waals surface area contributed by atoms with Crippen LogP contribution < -0.4 is 10.1 Å². The Morgan fingerprint density at radius 3 is 2.56 bits per heavy atom. The van der Waals surface area contributed by atoms with E-state index in [4.69, 9.17) is 9.84 Å². The number of carboxylic acids is 1. The SMILES string of the molecule is O=C(O)CNC(=O)c1nc(Br)c2ccc(Oc3ccccc3)c(I)c2c1O. The number of nitrogens with zero attached hydrogens (tertiary/aromatic N) is 1. The van der Waals surface area contributed by atoms with Crippen molar-refractivity contribution in [2.75, 3.05) is 6.54 Å². The number of carboxylic acid groups (broad SMARTS) is 1. The standard InChI is InChI=1S/C18H12BrIN2O5/c19-17-10-6-7-11(27-9-4-2-1-3-5-9)14(20)13(10)16(25)15(22-17)18(26)21-8-12(23)24/h1-7,25H,8H2,(H,21,26)(H,23,24). The van der Waals surface area contributed by atoms with E-state index in [1.807, 2.05) is 40.8 Å². The van der Waals surface area contributed by atoms with E-state index in [2.05, 4.69) is 26.2 Å². The third-order valence-corrected chi connectivity index (χ3v) is 5.26. The van der Waals surface area contributed by atoms with E-state index in [1.54, 1.807) is 24.3 Å². The number of carbonyl (C=O) groups excluding carboxylic acids is 1. The molecule has 27 heavy (non-hydrogen) atoms. The summed E-state index contributed by atoms with van der Waals surface area (Å²) in [6.45, 7) is -0.580. The van der Waals surface area contributed by atoms with Gasteiger partial charge in [-0.3, -0.25) is 9.59 Å². The molecule has 0 spiro atoms. The fourth-order valence-electron chi connectivity index (χ4n) is 2.38. The van der Waals surface area contributed by atoms with Crippen LogP contribution in [-0.2, 0) is 4.79 Å². The van der Waals surface area contributed by atoms with Gasteiger partial charge in [-0.05, 0) is 62.8 Å². The van der Waals surface area contributed by atoms with Gasteiger partial charge in [0.1, 0.15) is 22.6 Å². The fourth-order valence-corrected chi connectivity index (χ4v) is 3.73. The monoisotopic (exact) mass is 542 g/mol. The molecule has 1 amide bonds. The maximum absolute atomic E-state index is 12.2. The van der Waals surface area contributed by atoms with E-state index in [-0.39, 0.29) is 11.4 Å². The van der Waals surface area contributed by atoms with E-state index in [0.717, 1.165) is 0 Å². The Kier molecular flexibility index (Phi) is 5.80. The molecule has 0 bridgehead atoms. The van der Waals surface area contributed by atoms with Gasteiger partial charge in [0, 0.05) is 10.8 Å². The molecule has 1 heterocycles. The van der Waals surface area contributed by atoms with Crippen LogP contribution in [0.2, 0.25) is 0 Å². The summed E-state index contributed by atoms with van der Waals surface area (Å²) in [6.07, 6.45) is 0. The lowest BCUT2D eigenvalue weighted by Gasteiger charge is -2.14. The lowest BCUT2D eigenvalue weighted by molar-refractivity contribution is -0.135. The number of fused-ring (bicyclic) bond motifs is 1. The molecule has 0 aliphatic rings. The number of para-hydroxylation sites is 1. The molecule has 0 aliphatic heterocycles. The summed E-state index contributed by atoms with van der Waals surface area (Å²) >= 11 is 5.31. The number of pyridine rings is 1. The Labute approximate surface area is 175 Å². The predicted octanol–water partition coefficient (Wildman–Crippen LogP) is 3.91. The largest absolute Gasteiger partial charge is 0.505 e. The Morgan fingerprint density at radius 1 is 1.19 bits per heavy atom. The minimum absolute atomic E-state index is 0.273. The first-order valence-electron chi connectivity index (χ1n) is 7.62. The summed E-state index contributed by atoms with van der Waals surface area (Å²) in [5.74, 6) is -1.21. The molecule has 9 heteroatoms. The van der Waals surface area contributed by atoms with Crippen LogP contribution in [0.25, 0.3) is 10.8 Å². The zero-order chi connectivity index (χ0) is 19.6. The van der Waals surface area contributed by atoms with Crippen LogP contribution in [0, 0.1) is 3.57 Å². The number of ether oxygens (including phenoxy) is 1. The van der Waals surface area contributed by atoms with Gasteiger partial charge in [-0.25, -0.2) is 4.98 Å².